The molecule has 4 saturated carbocycles. The molecule has 0 unspecified atom stereocenters. The van der Waals surface area contributed by atoms with E-state index in [9.17, 15) is 4.79 Å². The lowest BCUT2D eigenvalue weighted by Crippen LogP contribution is -2.57. The van der Waals surface area contributed by atoms with Crippen LogP contribution in [0.25, 0.3) is 0 Å². The normalized spacial score (nSPS) is 49.6. The highest BCUT2D eigenvalue weighted by atomic mass is 16.2. The van der Waals surface area contributed by atoms with Gasteiger partial charge in [-0.3, -0.25) is 4.79 Å². The Bertz CT molecular complexity index is 380. The number of nitrogens with zero attached hydrogens (tertiary/aromatic N) is 1. The van der Waals surface area contributed by atoms with Crippen molar-refractivity contribution in [1.82, 2.24) is 10.2 Å². The van der Waals surface area contributed by atoms with Crippen molar-refractivity contribution < 1.29 is 4.79 Å². The Morgan fingerprint density at radius 2 is 1.60 bits per heavy atom. The lowest BCUT2D eigenvalue weighted by atomic mass is 9.54. The standard InChI is InChI=1S/C17H28N2O/c1-10-8-18-9-15(10)17(20)19(2)16-13-4-11-3-12(6-13)7-14(16)5-11/h10-16,18H,3-9H2,1-2H3/t10-,11?,12?,13?,14?,15-,16?/m1/s1. The maximum absolute atomic E-state index is 12.9. The summed E-state index contributed by atoms with van der Waals surface area (Å²) in [5.41, 5.74) is 0. The van der Waals surface area contributed by atoms with Crippen molar-refractivity contribution in [2.75, 3.05) is 20.1 Å². The van der Waals surface area contributed by atoms with Crippen molar-refractivity contribution in [3.8, 4) is 0 Å². The largest absolute Gasteiger partial charge is 0.342 e. The average molecular weight is 276 g/mol. The van der Waals surface area contributed by atoms with Crippen molar-refractivity contribution in [2.45, 2.75) is 45.1 Å². The lowest BCUT2D eigenvalue weighted by Gasteiger charge is -2.56. The van der Waals surface area contributed by atoms with E-state index in [0.29, 0.717) is 17.9 Å². The molecule has 3 heteroatoms. The van der Waals surface area contributed by atoms with Crippen LogP contribution >= 0.6 is 0 Å². The molecule has 0 spiro atoms. The summed E-state index contributed by atoms with van der Waals surface area (Å²) < 4.78 is 0. The molecule has 1 N–H and O–H groups in total. The van der Waals surface area contributed by atoms with Gasteiger partial charge in [0, 0.05) is 19.6 Å². The molecule has 0 radical (unpaired) electrons. The van der Waals surface area contributed by atoms with Gasteiger partial charge >= 0.3 is 0 Å². The molecule has 0 aromatic heterocycles. The van der Waals surface area contributed by atoms with Gasteiger partial charge in [0.15, 0.2) is 0 Å². The predicted molar refractivity (Wildman–Crippen MR) is 79.1 cm³/mol. The van der Waals surface area contributed by atoms with E-state index in [2.05, 4.69) is 24.2 Å². The molecule has 5 fully saturated rings. The first kappa shape index (κ1) is 13.1. The van der Waals surface area contributed by atoms with E-state index in [1.807, 2.05) is 0 Å². The minimum atomic E-state index is 0.220. The molecular formula is C17H28N2O. The van der Waals surface area contributed by atoms with Crippen LogP contribution < -0.4 is 5.32 Å². The van der Waals surface area contributed by atoms with Crippen LogP contribution in [0.4, 0.5) is 0 Å². The van der Waals surface area contributed by atoms with E-state index >= 15 is 0 Å². The molecule has 1 heterocycles. The van der Waals surface area contributed by atoms with Gasteiger partial charge in [0.1, 0.15) is 0 Å². The minimum Gasteiger partial charge on any atom is -0.342 e. The molecule has 3 nitrogen and oxygen atoms in total. The van der Waals surface area contributed by atoms with Crippen molar-refractivity contribution in [2.24, 2.45) is 35.5 Å². The topological polar surface area (TPSA) is 32.3 Å². The van der Waals surface area contributed by atoms with Crippen LogP contribution in [0, 0.1) is 35.5 Å². The highest BCUT2D eigenvalue weighted by Gasteiger charge is 2.51. The second-order valence-corrected chi connectivity index (χ2v) is 8.11. The van der Waals surface area contributed by atoms with Crippen LogP contribution in [0.2, 0.25) is 0 Å². The van der Waals surface area contributed by atoms with Crippen LogP contribution in [0.1, 0.15) is 39.0 Å². The van der Waals surface area contributed by atoms with Crippen LogP contribution in [0.5, 0.6) is 0 Å². The fourth-order valence-corrected chi connectivity index (χ4v) is 6.08. The van der Waals surface area contributed by atoms with Crippen LogP contribution in [-0.4, -0.2) is 37.0 Å². The first-order chi connectivity index (χ1) is 9.63. The van der Waals surface area contributed by atoms with Gasteiger partial charge in [-0.15, -0.1) is 0 Å². The Hall–Kier alpha value is -0.570. The summed E-state index contributed by atoms with van der Waals surface area (Å²) in [6, 6.07) is 0.558. The fourth-order valence-electron chi connectivity index (χ4n) is 6.08. The van der Waals surface area contributed by atoms with E-state index in [4.69, 9.17) is 0 Å². The Balaban J connectivity index is 1.51. The fraction of sp³-hybridized carbons (Fsp3) is 0.941. The molecule has 2 atom stereocenters. The third-order valence-electron chi connectivity index (χ3n) is 6.81. The van der Waals surface area contributed by atoms with Gasteiger partial charge in [-0.2, -0.15) is 0 Å². The third kappa shape index (κ3) is 1.93. The smallest absolute Gasteiger partial charge is 0.227 e. The van der Waals surface area contributed by atoms with Crippen molar-refractivity contribution in [3.05, 3.63) is 0 Å². The Kier molecular flexibility index (Phi) is 3.10. The molecule has 4 aliphatic carbocycles. The summed E-state index contributed by atoms with van der Waals surface area (Å²) in [4.78, 5) is 15.0. The first-order valence-electron chi connectivity index (χ1n) is 8.61. The van der Waals surface area contributed by atoms with Gasteiger partial charge in [-0.25, -0.2) is 0 Å². The molecule has 1 amide bonds. The second kappa shape index (κ2) is 4.72. The minimum absolute atomic E-state index is 0.220. The monoisotopic (exact) mass is 276 g/mol. The quantitative estimate of drug-likeness (QED) is 0.838. The van der Waals surface area contributed by atoms with Gasteiger partial charge in [-0.1, -0.05) is 6.92 Å². The number of rotatable bonds is 2. The van der Waals surface area contributed by atoms with Gasteiger partial charge in [0.2, 0.25) is 5.91 Å². The van der Waals surface area contributed by atoms with Crippen molar-refractivity contribution >= 4 is 5.91 Å². The molecule has 5 rings (SSSR count). The zero-order chi connectivity index (χ0) is 13.9. The number of hydrogen-bond acceptors (Lipinski definition) is 2. The van der Waals surface area contributed by atoms with Gasteiger partial charge in [0.25, 0.3) is 0 Å². The third-order valence-corrected chi connectivity index (χ3v) is 6.81. The number of amides is 1. The maximum Gasteiger partial charge on any atom is 0.227 e. The van der Waals surface area contributed by atoms with Gasteiger partial charge < -0.3 is 10.2 Å². The second-order valence-electron chi connectivity index (χ2n) is 8.11. The van der Waals surface area contributed by atoms with E-state index in [0.717, 1.165) is 36.8 Å². The summed E-state index contributed by atoms with van der Waals surface area (Å²) >= 11 is 0. The summed E-state index contributed by atoms with van der Waals surface area (Å²) in [5, 5.41) is 3.38. The zero-order valence-corrected chi connectivity index (χ0v) is 12.8. The number of hydrogen-bond donors (Lipinski definition) is 1. The maximum atomic E-state index is 12.9. The first-order valence-corrected chi connectivity index (χ1v) is 8.61. The summed E-state index contributed by atoms with van der Waals surface area (Å²) in [6.07, 6.45) is 7.07. The molecule has 1 aliphatic heterocycles. The Morgan fingerprint density at radius 3 is 2.10 bits per heavy atom. The average Bonchev–Trinajstić information content (AvgIpc) is 2.82. The van der Waals surface area contributed by atoms with E-state index in [1.54, 1.807) is 0 Å². The zero-order valence-electron chi connectivity index (χ0n) is 12.8. The molecule has 4 bridgehead atoms. The van der Waals surface area contributed by atoms with Crippen molar-refractivity contribution in [1.29, 1.82) is 0 Å². The van der Waals surface area contributed by atoms with E-state index < -0.39 is 0 Å². The molecule has 0 aromatic rings. The van der Waals surface area contributed by atoms with Crippen LogP contribution in [-0.2, 0) is 4.79 Å². The molecule has 112 valence electrons. The molecule has 5 aliphatic rings. The Morgan fingerprint density at radius 1 is 1.00 bits per heavy atom. The number of carbonyl (C=O) groups is 1. The molecule has 20 heavy (non-hydrogen) atoms. The van der Waals surface area contributed by atoms with E-state index in [1.165, 1.54) is 32.1 Å². The van der Waals surface area contributed by atoms with Crippen LogP contribution in [0.15, 0.2) is 0 Å². The summed E-state index contributed by atoms with van der Waals surface area (Å²) in [5.74, 6) is 4.74. The number of nitrogens with one attached hydrogen (secondary N) is 1. The van der Waals surface area contributed by atoms with E-state index in [-0.39, 0.29) is 5.92 Å². The number of carbonyl (C=O) groups excluding carboxylic acids is 1. The van der Waals surface area contributed by atoms with Crippen molar-refractivity contribution in [3.63, 3.8) is 0 Å². The lowest BCUT2D eigenvalue weighted by molar-refractivity contribution is -0.145. The highest BCUT2D eigenvalue weighted by molar-refractivity contribution is 5.80. The van der Waals surface area contributed by atoms with Crippen LogP contribution in [0.3, 0.4) is 0 Å². The summed E-state index contributed by atoms with van der Waals surface area (Å²) in [6.45, 7) is 4.11. The molecule has 1 saturated heterocycles. The predicted octanol–water partition coefficient (Wildman–Crippen LogP) is 2.12. The highest BCUT2D eigenvalue weighted by Crippen LogP contribution is 2.55. The Labute approximate surface area is 122 Å². The van der Waals surface area contributed by atoms with Gasteiger partial charge in [-0.05, 0) is 68.2 Å². The SMILES string of the molecule is C[C@@H]1CNC[C@H]1C(=O)N(C)C1C2CC3CC(C2)CC1C3. The molecular weight excluding hydrogens is 248 g/mol. The van der Waals surface area contributed by atoms with Gasteiger partial charge in [0.05, 0.1) is 5.92 Å². The summed E-state index contributed by atoms with van der Waals surface area (Å²) in [7, 11) is 2.10. The molecule has 0 aromatic carbocycles.